The van der Waals surface area contributed by atoms with Crippen molar-refractivity contribution in [1.82, 2.24) is 0 Å². The largest absolute Gasteiger partial charge is 0.494 e. The lowest BCUT2D eigenvalue weighted by Crippen LogP contribution is -2.12. The average molecular weight is 311 g/mol. The zero-order chi connectivity index (χ0) is 16.7. The van der Waals surface area contributed by atoms with Crippen LogP contribution in [-0.2, 0) is 11.2 Å². The van der Waals surface area contributed by atoms with E-state index in [9.17, 15) is 4.79 Å². The Labute approximate surface area is 135 Å². The summed E-state index contributed by atoms with van der Waals surface area (Å²) in [5.74, 6) is 1.00. The van der Waals surface area contributed by atoms with Gasteiger partial charge in [-0.2, -0.15) is 5.26 Å². The molecule has 0 amide bonds. The molecule has 5 heteroatoms. The molecule has 5 nitrogen and oxygen atoms in total. The fourth-order valence-electron chi connectivity index (χ4n) is 2.02. The van der Waals surface area contributed by atoms with Crippen molar-refractivity contribution in [2.45, 2.75) is 13.3 Å². The summed E-state index contributed by atoms with van der Waals surface area (Å²) in [5, 5.41) is 8.86. The maximum absolute atomic E-state index is 12.0. The van der Waals surface area contributed by atoms with Crippen molar-refractivity contribution in [2.75, 3.05) is 13.7 Å². The number of nitrogens with zero attached hydrogens (tertiary/aromatic N) is 1. The van der Waals surface area contributed by atoms with Crippen LogP contribution in [0.1, 0.15) is 18.1 Å². The van der Waals surface area contributed by atoms with Gasteiger partial charge in [0.25, 0.3) is 0 Å². The SMILES string of the molecule is CCOc1ccc(CC(=O)Oc2ccc(C#N)cc2OC)cc1. The number of carbonyl (C=O) groups is 1. The Balaban J connectivity index is 2.03. The molecule has 23 heavy (non-hydrogen) atoms. The minimum Gasteiger partial charge on any atom is -0.494 e. The second kappa shape index (κ2) is 7.85. The molecule has 0 saturated heterocycles. The topological polar surface area (TPSA) is 68.5 Å². The number of benzene rings is 2. The molecule has 118 valence electrons. The van der Waals surface area contributed by atoms with Crippen LogP contribution in [-0.4, -0.2) is 19.7 Å². The number of hydrogen-bond acceptors (Lipinski definition) is 5. The second-order valence-corrected chi connectivity index (χ2v) is 4.71. The van der Waals surface area contributed by atoms with Gasteiger partial charge in [0.15, 0.2) is 11.5 Å². The predicted octanol–water partition coefficient (Wildman–Crippen LogP) is 3.11. The lowest BCUT2D eigenvalue weighted by atomic mass is 10.1. The summed E-state index contributed by atoms with van der Waals surface area (Å²) in [6.45, 7) is 2.51. The van der Waals surface area contributed by atoms with Crippen LogP contribution in [0.2, 0.25) is 0 Å². The molecule has 0 aliphatic rings. The number of rotatable bonds is 6. The highest BCUT2D eigenvalue weighted by atomic mass is 16.6. The van der Waals surface area contributed by atoms with Crippen LogP contribution in [0.5, 0.6) is 17.2 Å². The first-order chi connectivity index (χ1) is 11.2. The van der Waals surface area contributed by atoms with Crippen molar-refractivity contribution < 1.29 is 19.0 Å². The van der Waals surface area contributed by atoms with Gasteiger partial charge >= 0.3 is 5.97 Å². The van der Waals surface area contributed by atoms with E-state index in [1.54, 1.807) is 12.1 Å². The number of nitriles is 1. The Morgan fingerprint density at radius 1 is 1.13 bits per heavy atom. The van der Waals surface area contributed by atoms with Crippen molar-refractivity contribution in [3.05, 3.63) is 53.6 Å². The quantitative estimate of drug-likeness (QED) is 0.605. The molecule has 2 aromatic rings. The maximum atomic E-state index is 12.0. The Morgan fingerprint density at radius 2 is 1.87 bits per heavy atom. The minimum absolute atomic E-state index is 0.134. The highest BCUT2D eigenvalue weighted by molar-refractivity contribution is 5.76. The van der Waals surface area contributed by atoms with Gasteiger partial charge in [-0.1, -0.05) is 12.1 Å². The van der Waals surface area contributed by atoms with Gasteiger partial charge < -0.3 is 14.2 Å². The van der Waals surface area contributed by atoms with Gasteiger partial charge in [0, 0.05) is 6.07 Å². The van der Waals surface area contributed by atoms with Crippen LogP contribution >= 0.6 is 0 Å². The van der Waals surface area contributed by atoms with Crippen LogP contribution < -0.4 is 14.2 Å². The molecular formula is C18H17NO4. The van der Waals surface area contributed by atoms with Gasteiger partial charge in [0.2, 0.25) is 0 Å². The molecule has 0 spiro atoms. The Hall–Kier alpha value is -3.00. The van der Waals surface area contributed by atoms with E-state index >= 15 is 0 Å². The van der Waals surface area contributed by atoms with Crippen LogP contribution in [0.3, 0.4) is 0 Å². The van der Waals surface area contributed by atoms with Crippen molar-refractivity contribution in [3.8, 4) is 23.3 Å². The highest BCUT2D eigenvalue weighted by Gasteiger charge is 2.12. The summed E-state index contributed by atoms with van der Waals surface area (Å²) in [5.41, 5.74) is 1.26. The number of esters is 1. The predicted molar refractivity (Wildman–Crippen MR) is 84.7 cm³/mol. The smallest absolute Gasteiger partial charge is 0.315 e. The molecule has 0 aromatic heterocycles. The van der Waals surface area contributed by atoms with E-state index in [-0.39, 0.29) is 6.42 Å². The fourth-order valence-corrected chi connectivity index (χ4v) is 2.02. The summed E-state index contributed by atoms with van der Waals surface area (Å²) in [4.78, 5) is 12.0. The molecule has 0 bridgehead atoms. The number of carbonyl (C=O) groups excluding carboxylic acids is 1. The van der Waals surface area contributed by atoms with Gasteiger partial charge in [-0.15, -0.1) is 0 Å². The second-order valence-electron chi connectivity index (χ2n) is 4.71. The van der Waals surface area contributed by atoms with Gasteiger partial charge in [0.1, 0.15) is 5.75 Å². The van der Waals surface area contributed by atoms with Crippen molar-refractivity contribution >= 4 is 5.97 Å². The molecule has 2 rings (SSSR count). The standard InChI is InChI=1S/C18H17NO4/c1-3-22-15-7-4-13(5-8-15)11-18(20)23-16-9-6-14(12-19)10-17(16)21-2/h4-10H,3,11H2,1-2H3. The van der Waals surface area contributed by atoms with Gasteiger partial charge in [-0.05, 0) is 36.8 Å². The van der Waals surface area contributed by atoms with Crippen molar-refractivity contribution in [2.24, 2.45) is 0 Å². The van der Waals surface area contributed by atoms with E-state index < -0.39 is 5.97 Å². The average Bonchev–Trinajstić information content (AvgIpc) is 2.57. The third kappa shape index (κ3) is 4.48. The van der Waals surface area contributed by atoms with E-state index in [1.807, 2.05) is 37.3 Å². The molecule has 0 aliphatic carbocycles. The van der Waals surface area contributed by atoms with Crippen molar-refractivity contribution in [3.63, 3.8) is 0 Å². The van der Waals surface area contributed by atoms with E-state index in [4.69, 9.17) is 19.5 Å². The normalized spacial score (nSPS) is 9.78. The number of ether oxygens (including phenoxy) is 3. The molecular weight excluding hydrogens is 294 g/mol. The van der Waals surface area contributed by atoms with Gasteiger partial charge in [-0.3, -0.25) is 4.79 Å². The molecule has 2 aromatic carbocycles. The molecule has 0 radical (unpaired) electrons. The molecule has 0 saturated carbocycles. The first kappa shape index (κ1) is 16.4. The fraction of sp³-hybridized carbons (Fsp3) is 0.222. The maximum Gasteiger partial charge on any atom is 0.315 e. The monoisotopic (exact) mass is 311 g/mol. The van der Waals surface area contributed by atoms with E-state index in [1.165, 1.54) is 13.2 Å². The summed E-state index contributed by atoms with van der Waals surface area (Å²) in [7, 11) is 1.46. The van der Waals surface area contributed by atoms with Crippen LogP contribution in [0.15, 0.2) is 42.5 Å². The molecule has 0 heterocycles. The Morgan fingerprint density at radius 3 is 2.48 bits per heavy atom. The minimum atomic E-state index is -0.405. The molecule has 0 aliphatic heterocycles. The van der Waals surface area contributed by atoms with E-state index in [0.717, 1.165) is 11.3 Å². The van der Waals surface area contributed by atoms with E-state index in [2.05, 4.69) is 0 Å². The van der Waals surface area contributed by atoms with Gasteiger partial charge in [0.05, 0.1) is 31.8 Å². The number of methoxy groups -OCH3 is 1. The third-order valence-corrected chi connectivity index (χ3v) is 3.10. The Bertz CT molecular complexity index is 717. The molecule has 0 N–H and O–H groups in total. The Kier molecular flexibility index (Phi) is 5.59. The first-order valence-corrected chi connectivity index (χ1v) is 7.16. The summed E-state index contributed by atoms with van der Waals surface area (Å²) in [6.07, 6.45) is 0.134. The lowest BCUT2D eigenvalue weighted by molar-refractivity contribution is -0.133. The lowest BCUT2D eigenvalue weighted by Gasteiger charge is -2.09. The zero-order valence-electron chi connectivity index (χ0n) is 13.0. The zero-order valence-corrected chi connectivity index (χ0v) is 13.0. The van der Waals surface area contributed by atoms with E-state index in [0.29, 0.717) is 23.7 Å². The van der Waals surface area contributed by atoms with Crippen LogP contribution in [0.4, 0.5) is 0 Å². The number of hydrogen-bond donors (Lipinski definition) is 0. The summed E-state index contributed by atoms with van der Waals surface area (Å²) < 4.78 is 15.8. The molecule has 0 fully saturated rings. The van der Waals surface area contributed by atoms with Gasteiger partial charge in [-0.25, -0.2) is 0 Å². The third-order valence-electron chi connectivity index (χ3n) is 3.10. The van der Waals surface area contributed by atoms with Crippen molar-refractivity contribution in [1.29, 1.82) is 5.26 Å². The van der Waals surface area contributed by atoms with Crippen LogP contribution in [0, 0.1) is 11.3 Å². The molecule has 0 atom stereocenters. The van der Waals surface area contributed by atoms with Crippen LogP contribution in [0.25, 0.3) is 0 Å². The summed E-state index contributed by atoms with van der Waals surface area (Å²) in [6, 6.07) is 13.9. The molecule has 0 unspecified atom stereocenters. The highest BCUT2D eigenvalue weighted by Crippen LogP contribution is 2.28. The first-order valence-electron chi connectivity index (χ1n) is 7.16. The summed E-state index contributed by atoms with van der Waals surface area (Å²) >= 11 is 0.